The fourth-order valence-electron chi connectivity index (χ4n) is 4.33. The molecule has 0 spiro atoms. The summed E-state index contributed by atoms with van der Waals surface area (Å²) in [4.78, 5) is 28.9. The first-order valence-corrected chi connectivity index (χ1v) is 12.1. The van der Waals surface area contributed by atoms with E-state index in [1.807, 2.05) is 62.4 Å². The van der Waals surface area contributed by atoms with Gasteiger partial charge in [-0.25, -0.2) is 4.98 Å². The van der Waals surface area contributed by atoms with Crippen LogP contribution in [-0.4, -0.2) is 37.8 Å². The Morgan fingerprint density at radius 1 is 1.14 bits per heavy atom. The van der Waals surface area contributed by atoms with Crippen LogP contribution >= 0.6 is 0 Å². The summed E-state index contributed by atoms with van der Waals surface area (Å²) >= 11 is 0. The van der Waals surface area contributed by atoms with Gasteiger partial charge in [0, 0.05) is 46.6 Å². The van der Waals surface area contributed by atoms with Crippen molar-refractivity contribution in [3.8, 4) is 22.6 Å². The van der Waals surface area contributed by atoms with Crippen LogP contribution in [0, 0.1) is 0 Å². The first-order valence-electron chi connectivity index (χ1n) is 12.1. The van der Waals surface area contributed by atoms with Crippen LogP contribution in [0.25, 0.3) is 50.2 Å². The van der Waals surface area contributed by atoms with Gasteiger partial charge >= 0.3 is 0 Å². The van der Waals surface area contributed by atoms with Gasteiger partial charge in [0.1, 0.15) is 11.2 Å². The van der Waals surface area contributed by atoms with E-state index in [4.69, 9.17) is 4.98 Å². The van der Waals surface area contributed by atoms with Gasteiger partial charge in [-0.05, 0) is 62.5 Å². The minimum Gasteiger partial charge on any atom is -0.353 e. The summed E-state index contributed by atoms with van der Waals surface area (Å²) in [5.41, 5.74) is 8.16. The third-order valence-corrected chi connectivity index (χ3v) is 5.98. The lowest BCUT2D eigenvalue weighted by Crippen LogP contribution is -2.20. The number of nitrogens with zero attached hydrogens (tertiary/aromatic N) is 4. The standard InChI is InChI=1S/C29H27N7O/c1-4-8-27(37)32-18(2)15-19(17-30-3)22-12-13-25-28(34-22)29(36-35-25)26-16-21-20(9-7-11-24(21)33-26)23-10-5-6-14-31-23/h5-7,9-17,33H,3-4,8H2,1-2H3,(H,32,37)(H,35,36)/b18-15+,19-17+. The minimum absolute atomic E-state index is 0.0217. The Labute approximate surface area is 214 Å². The predicted octanol–water partition coefficient (Wildman–Crippen LogP) is 6.03. The molecule has 0 aliphatic carbocycles. The monoisotopic (exact) mass is 489 g/mol. The van der Waals surface area contributed by atoms with E-state index < -0.39 is 0 Å². The molecule has 0 bridgehead atoms. The molecule has 4 aromatic heterocycles. The Kier molecular flexibility index (Phi) is 6.72. The zero-order valence-electron chi connectivity index (χ0n) is 20.7. The van der Waals surface area contributed by atoms with Crippen molar-refractivity contribution >= 4 is 40.1 Å². The predicted molar refractivity (Wildman–Crippen MR) is 149 cm³/mol. The number of rotatable bonds is 8. The number of aliphatic imine (C=N–C) groups is 1. The van der Waals surface area contributed by atoms with Crippen molar-refractivity contribution < 1.29 is 4.79 Å². The molecule has 0 saturated heterocycles. The molecule has 0 fully saturated rings. The highest BCUT2D eigenvalue weighted by Crippen LogP contribution is 2.33. The number of pyridine rings is 2. The van der Waals surface area contributed by atoms with Crippen molar-refractivity contribution in [3.63, 3.8) is 0 Å². The number of amides is 1. The SMILES string of the molecule is C=N/C=C(\C=C(/C)NC(=O)CCC)c1ccc2[nH]nc(-c3cc4c(-c5ccccn5)cccc4[nH]3)c2n1. The number of allylic oxidation sites excluding steroid dienone is 3. The lowest BCUT2D eigenvalue weighted by atomic mass is 10.1. The highest BCUT2D eigenvalue weighted by molar-refractivity contribution is 6.00. The quantitative estimate of drug-likeness (QED) is 0.182. The van der Waals surface area contributed by atoms with E-state index in [0.717, 1.165) is 50.9 Å². The number of carbonyl (C=O) groups is 1. The molecule has 184 valence electrons. The average Bonchev–Trinajstić information content (AvgIpc) is 3.52. The second-order valence-corrected chi connectivity index (χ2v) is 8.72. The number of benzene rings is 1. The van der Waals surface area contributed by atoms with Gasteiger partial charge in [-0.1, -0.05) is 25.1 Å². The van der Waals surface area contributed by atoms with E-state index in [-0.39, 0.29) is 5.91 Å². The van der Waals surface area contributed by atoms with Crippen molar-refractivity contribution in [3.05, 3.63) is 84.5 Å². The number of hydrogen-bond donors (Lipinski definition) is 3. The molecule has 0 aliphatic rings. The summed E-state index contributed by atoms with van der Waals surface area (Å²) < 4.78 is 0. The highest BCUT2D eigenvalue weighted by Gasteiger charge is 2.16. The number of aromatic amines is 2. The minimum atomic E-state index is -0.0217. The maximum absolute atomic E-state index is 12.0. The van der Waals surface area contributed by atoms with Crippen molar-refractivity contribution in [1.29, 1.82) is 0 Å². The van der Waals surface area contributed by atoms with Crippen molar-refractivity contribution in [1.82, 2.24) is 30.5 Å². The van der Waals surface area contributed by atoms with Crippen molar-refractivity contribution in [2.45, 2.75) is 26.7 Å². The van der Waals surface area contributed by atoms with Crippen LogP contribution in [0.4, 0.5) is 0 Å². The molecule has 1 amide bonds. The number of fused-ring (bicyclic) bond motifs is 2. The largest absolute Gasteiger partial charge is 0.353 e. The van der Waals surface area contributed by atoms with Gasteiger partial charge in [-0.3, -0.25) is 19.9 Å². The van der Waals surface area contributed by atoms with Gasteiger partial charge in [0.05, 0.1) is 22.6 Å². The Morgan fingerprint density at radius 3 is 2.81 bits per heavy atom. The van der Waals surface area contributed by atoms with Gasteiger partial charge in [-0.2, -0.15) is 5.10 Å². The molecule has 8 heteroatoms. The molecule has 1 aromatic carbocycles. The molecule has 0 saturated carbocycles. The fourth-order valence-corrected chi connectivity index (χ4v) is 4.33. The molecule has 8 nitrogen and oxygen atoms in total. The number of hydrogen-bond acceptors (Lipinski definition) is 5. The maximum Gasteiger partial charge on any atom is 0.224 e. The Morgan fingerprint density at radius 2 is 2.03 bits per heavy atom. The van der Waals surface area contributed by atoms with Crippen LogP contribution in [0.1, 0.15) is 32.4 Å². The number of H-pyrrole nitrogens is 2. The van der Waals surface area contributed by atoms with E-state index in [0.29, 0.717) is 23.5 Å². The van der Waals surface area contributed by atoms with Crippen LogP contribution in [0.3, 0.4) is 0 Å². The zero-order chi connectivity index (χ0) is 25.8. The number of aromatic nitrogens is 5. The smallest absolute Gasteiger partial charge is 0.224 e. The molecule has 0 radical (unpaired) electrons. The third kappa shape index (κ3) is 4.95. The fraction of sp³-hybridized carbons (Fsp3) is 0.138. The molecule has 0 atom stereocenters. The van der Waals surface area contributed by atoms with Crippen LogP contribution in [0.5, 0.6) is 0 Å². The van der Waals surface area contributed by atoms with E-state index in [2.05, 4.69) is 49.3 Å². The second-order valence-electron chi connectivity index (χ2n) is 8.72. The summed E-state index contributed by atoms with van der Waals surface area (Å²) in [7, 11) is 0. The van der Waals surface area contributed by atoms with Gasteiger partial charge in [0.15, 0.2) is 0 Å². The van der Waals surface area contributed by atoms with Crippen LogP contribution in [-0.2, 0) is 4.79 Å². The molecular weight excluding hydrogens is 462 g/mol. The molecule has 5 rings (SSSR count). The number of nitrogens with one attached hydrogen (secondary N) is 3. The molecule has 0 unspecified atom stereocenters. The highest BCUT2D eigenvalue weighted by atomic mass is 16.1. The maximum atomic E-state index is 12.0. The van der Waals surface area contributed by atoms with Crippen LogP contribution < -0.4 is 5.32 Å². The molecule has 37 heavy (non-hydrogen) atoms. The second kappa shape index (κ2) is 10.4. The Hall–Kier alpha value is -4.85. The molecule has 5 aromatic rings. The van der Waals surface area contributed by atoms with Gasteiger partial charge in [0.2, 0.25) is 5.91 Å². The van der Waals surface area contributed by atoms with Gasteiger partial charge < -0.3 is 10.3 Å². The summed E-state index contributed by atoms with van der Waals surface area (Å²) in [5.74, 6) is -0.0217. The molecule has 3 N–H and O–H groups in total. The van der Waals surface area contributed by atoms with E-state index in [1.165, 1.54) is 0 Å². The van der Waals surface area contributed by atoms with E-state index >= 15 is 0 Å². The lowest BCUT2D eigenvalue weighted by molar-refractivity contribution is -0.120. The molecule has 4 heterocycles. The van der Waals surface area contributed by atoms with Crippen molar-refractivity contribution in [2.75, 3.05) is 0 Å². The topological polar surface area (TPSA) is 112 Å². The molecule has 0 aliphatic heterocycles. The summed E-state index contributed by atoms with van der Waals surface area (Å²) in [5, 5.41) is 11.6. The Bertz CT molecular complexity index is 1660. The van der Waals surface area contributed by atoms with Gasteiger partial charge in [-0.15, -0.1) is 0 Å². The van der Waals surface area contributed by atoms with Crippen molar-refractivity contribution in [2.24, 2.45) is 4.99 Å². The van der Waals surface area contributed by atoms with E-state index in [9.17, 15) is 4.79 Å². The Balaban J connectivity index is 1.55. The van der Waals surface area contributed by atoms with Crippen LogP contribution in [0.2, 0.25) is 0 Å². The number of carbonyl (C=O) groups excluding carboxylic acids is 1. The first kappa shape index (κ1) is 23.9. The van der Waals surface area contributed by atoms with Gasteiger partial charge in [0.25, 0.3) is 0 Å². The van der Waals surface area contributed by atoms with E-state index in [1.54, 1.807) is 12.4 Å². The normalized spacial score (nSPS) is 12.3. The molecular formula is C29H27N7O. The first-order chi connectivity index (χ1) is 18.1. The average molecular weight is 490 g/mol. The third-order valence-electron chi connectivity index (χ3n) is 5.98. The summed E-state index contributed by atoms with van der Waals surface area (Å²) in [6.45, 7) is 7.41. The zero-order valence-corrected chi connectivity index (χ0v) is 20.7. The lowest BCUT2D eigenvalue weighted by Gasteiger charge is -2.07. The summed E-state index contributed by atoms with van der Waals surface area (Å²) in [6.07, 6.45) is 6.53. The van der Waals surface area contributed by atoms with Crippen LogP contribution in [0.15, 0.2) is 83.8 Å². The summed E-state index contributed by atoms with van der Waals surface area (Å²) in [6, 6.07) is 17.9.